The Morgan fingerprint density at radius 3 is 1.89 bits per heavy atom. The Kier molecular flexibility index (Phi) is 3.93. The number of hydrogen-bond donors (Lipinski definition) is 1. The maximum Gasteiger partial charge on any atom is 0.279 e. The number of nitro groups is 2. The van der Waals surface area contributed by atoms with Gasteiger partial charge in [-0.25, -0.2) is 0 Å². The van der Waals surface area contributed by atoms with Crippen LogP contribution in [0.3, 0.4) is 0 Å². The summed E-state index contributed by atoms with van der Waals surface area (Å²) in [5.41, 5.74) is -1.43. The fourth-order valence-corrected chi connectivity index (χ4v) is 1.85. The first-order valence-corrected chi connectivity index (χ1v) is 6.19. The third-order valence-corrected chi connectivity index (χ3v) is 2.85. The van der Waals surface area contributed by atoms with Crippen LogP contribution in [-0.4, -0.2) is 28.6 Å². The third kappa shape index (κ3) is 3.46. The number of rotatable bonds is 5. The van der Waals surface area contributed by atoms with E-state index in [1.807, 2.05) is 0 Å². The van der Waals surface area contributed by atoms with Crippen molar-refractivity contribution in [3.05, 3.63) is 44.0 Å². The smallest absolute Gasteiger partial charge is 0.279 e. The number of hydrogen-bond acceptors (Lipinski definition) is 6. The monoisotopic (exact) mass is 276 g/mol. The van der Waals surface area contributed by atoms with Crippen LogP contribution in [0.5, 0.6) is 0 Å². The maximum atomic E-state index is 10.7. The minimum absolute atomic E-state index is 0.329. The summed E-state index contributed by atoms with van der Waals surface area (Å²) in [4.78, 5) is 19.7. The molecule has 0 saturated carbocycles. The van der Waals surface area contributed by atoms with Gasteiger partial charge in [-0.3, -0.25) is 24.8 Å². The second-order valence-electron chi connectivity index (χ2n) is 3.33. The Balaban J connectivity index is 3.27. The fraction of sp³-hybridized carbons (Fsp3) is 0.250. The lowest BCUT2D eigenvalue weighted by atomic mass is 10.1. The van der Waals surface area contributed by atoms with Gasteiger partial charge in [0.1, 0.15) is 5.56 Å². The largest absolute Gasteiger partial charge is 0.286 e. The zero-order chi connectivity index (χ0) is 13.9. The summed E-state index contributed by atoms with van der Waals surface area (Å²) >= 11 is 0. The molecule has 0 heterocycles. The number of nitrogens with zero attached hydrogens (tertiary/aromatic N) is 2. The second kappa shape index (κ2) is 5.06. The SMILES string of the molecule is O=[N+]([O-])c1cccc([N+](=O)[O-])c1CCS(=O)(=O)O. The molecule has 1 aromatic rings. The van der Waals surface area contributed by atoms with Crippen LogP contribution in [0.15, 0.2) is 18.2 Å². The molecule has 0 atom stereocenters. The number of nitro benzene ring substituents is 2. The average Bonchev–Trinajstić information content (AvgIpc) is 2.24. The highest BCUT2D eigenvalue weighted by molar-refractivity contribution is 7.85. The summed E-state index contributed by atoms with van der Waals surface area (Å²) in [5, 5.41) is 21.4. The average molecular weight is 276 g/mol. The van der Waals surface area contributed by atoms with Crippen molar-refractivity contribution in [1.29, 1.82) is 0 Å². The molecule has 0 aliphatic rings. The first-order chi connectivity index (χ1) is 8.22. The molecule has 10 heteroatoms. The Morgan fingerprint density at radius 1 is 1.11 bits per heavy atom. The Labute approximate surface area is 101 Å². The van der Waals surface area contributed by atoms with Crippen molar-refractivity contribution in [2.24, 2.45) is 0 Å². The van der Waals surface area contributed by atoms with Crippen LogP contribution in [0.2, 0.25) is 0 Å². The Morgan fingerprint density at radius 2 is 1.56 bits per heavy atom. The first kappa shape index (κ1) is 14.0. The summed E-state index contributed by atoms with van der Waals surface area (Å²) in [6.45, 7) is 0. The lowest BCUT2D eigenvalue weighted by molar-refractivity contribution is -0.395. The molecule has 0 radical (unpaired) electrons. The molecule has 0 aliphatic heterocycles. The predicted octanol–water partition coefficient (Wildman–Crippen LogP) is 0.933. The van der Waals surface area contributed by atoms with E-state index in [1.165, 1.54) is 0 Å². The van der Waals surface area contributed by atoms with Crippen LogP contribution >= 0.6 is 0 Å². The van der Waals surface area contributed by atoms with Crippen molar-refractivity contribution >= 4 is 21.5 Å². The van der Waals surface area contributed by atoms with Gasteiger partial charge in [0.2, 0.25) is 0 Å². The lowest BCUT2D eigenvalue weighted by Gasteiger charge is -2.02. The number of benzene rings is 1. The van der Waals surface area contributed by atoms with E-state index in [-0.39, 0.29) is 5.56 Å². The van der Waals surface area contributed by atoms with Crippen LogP contribution in [0, 0.1) is 20.2 Å². The van der Waals surface area contributed by atoms with E-state index in [4.69, 9.17) is 4.55 Å². The van der Waals surface area contributed by atoms with Gasteiger partial charge in [-0.2, -0.15) is 8.42 Å². The zero-order valence-corrected chi connectivity index (χ0v) is 9.66. The molecule has 1 aromatic carbocycles. The van der Waals surface area contributed by atoms with E-state index in [0.717, 1.165) is 18.2 Å². The molecule has 0 bridgehead atoms. The summed E-state index contributed by atoms with van der Waals surface area (Å²) in [6.07, 6.45) is -0.508. The lowest BCUT2D eigenvalue weighted by Crippen LogP contribution is -2.09. The zero-order valence-electron chi connectivity index (χ0n) is 8.85. The second-order valence-corrected chi connectivity index (χ2v) is 4.90. The van der Waals surface area contributed by atoms with Crippen molar-refractivity contribution < 1.29 is 22.8 Å². The molecule has 18 heavy (non-hydrogen) atoms. The van der Waals surface area contributed by atoms with Gasteiger partial charge in [0.25, 0.3) is 21.5 Å². The van der Waals surface area contributed by atoms with E-state index in [1.54, 1.807) is 0 Å². The third-order valence-electron chi connectivity index (χ3n) is 2.13. The molecule has 0 aliphatic carbocycles. The Hall–Kier alpha value is -2.07. The van der Waals surface area contributed by atoms with Crippen LogP contribution in [0.4, 0.5) is 11.4 Å². The van der Waals surface area contributed by atoms with Crippen LogP contribution in [0.1, 0.15) is 5.56 Å². The molecule has 0 saturated heterocycles. The summed E-state index contributed by atoms with van der Waals surface area (Å²) in [6, 6.07) is 3.20. The standard InChI is InChI=1S/C8H8N2O7S/c11-9(12)7-2-1-3-8(10(13)14)6(7)4-5-18(15,16)17/h1-3H,4-5H2,(H,15,16,17). The molecule has 98 valence electrons. The molecule has 0 amide bonds. The quantitative estimate of drug-likeness (QED) is 0.479. The van der Waals surface area contributed by atoms with Crippen molar-refractivity contribution in [2.75, 3.05) is 5.75 Å². The Bertz CT molecular complexity index is 563. The van der Waals surface area contributed by atoms with Gasteiger partial charge in [0.15, 0.2) is 0 Å². The molecule has 1 rings (SSSR count). The minimum Gasteiger partial charge on any atom is -0.286 e. The molecule has 9 nitrogen and oxygen atoms in total. The topological polar surface area (TPSA) is 141 Å². The molecule has 0 aromatic heterocycles. The maximum absolute atomic E-state index is 10.7. The molecule has 0 spiro atoms. The van der Waals surface area contributed by atoms with E-state index >= 15 is 0 Å². The van der Waals surface area contributed by atoms with Crippen molar-refractivity contribution in [3.63, 3.8) is 0 Å². The first-order valence-electron chi connectivity index (χ1n) is 4.58. The normalized spacial score (nSPS) is 11.2. The fourth-order valence-electron chi connectivity index (χ4n) is 1.39. The molecular weight excluding hydrogens is 268 g/mol. The predicted molar refractivity (Wildman–Crippen MR) is 59.9 cm³/mol. The van der Waals surface area contributed by atoms with E-state index < -0.39 is 43.5 Å². The van der Waals surface area contributed by atoms with Gasteiger partial charge in [-0.1, -0.05) is 0 Å². The van der Waals surface area contributed by atoms with Gasteiger partial charge in [0, 0.05) is 18.6 Å². The van der Waals surface area contributed by atoms with Crippen molar-refractivity contribution in [2.45, 2.75) is 6.42 Å². The summed E-state index contributed by atoms with van der Waals surface area (Å²) < 4.78 is 29.7. The van der Waals surface area contributed by atoms with Crippen LogP contribution in [0.25, 0.3) is 0 Å². The summed E-state index contributed by atoms with van der Waals surface area (Å²) in [5.74, 6) is -0.821. The highest BCUT2D eigenvalue weighted by Gasteiger charge is 2.25. The summed E-state index contributed by atoms with van der Waals surface area (Å²) in [7, 11) is -4.35. The highest BCUT2D eigenvalue weighted by Crippen LogP contribution is 2.28. The van der Waals surface area contributed by atoms with Gasteiger partial charge >= 0.3 is 0 Å². The minimum atomic E-state index is -4.35. The highest BCUT2D eigenvalue weighted by atomic mass is 32.2. The molecule has 1 N–H and O–H groups in total. The van der Waals surface area contributed by atoms with Crippen molar-refractivity contribution in [3.8, 4) is 0 Å². The van der Waals surface area contributed by atoms with Gasteiger partial charge in [-0.15, -0.1) is 0 Å². The van der Waals surface area contributed by atoms with Crippen molar-refractivity contribution in [1.82, 2.24) is 0 Å². The van der Waals surface area contributed by atoms with Gasteiger partial charge < -0.3 is 0 Å². The van der Waals surface area contributed by atoms with Gasteiger partial charge in [0.05, 0.1) is 15.6 Å². The van der Waals surface area contributed by atoms with Crippen LogP contribution in [-0.2, 0) is 16.5 Å². The van der Waals surface area contributed by atoms with E-state index in [2.05, 4.69) is 0 Å². The van der Waals surface area contributed by atoms with Gasteiger partial charge in [-0.05, 0) is 6.07 Å². The van der Waals surface area contributed by atoms with E-state index in [9.17, 15) is 28.6 Å². The van der Waals surface area contributed by atoms with E-state index in [0.29, 0.717) is 0 Å². The molecule has 0 unspecified atom stereocenters. The molecular formula is C8H8N2O7S. The van der Waals surface area contributed by atoms with Crippen LogP contribution < -0.4 is 0 Å². The molecule has 0 fully saturated rings.